The normalized spacial score (nSPS) is 12.9. The zero-order valence-electron chi connectivity index (χ0n) is 6.63. The van der Waals surface area contributed by atoms with Crippen molar-refractivity contribution in [3.8, 4) is 0 Å². The van der Waals surface area contributed by atoms with Crippen LogP contribution in [0.5, 0.6) is 0 Å². The minimum Gasteiger partial charge on any atom is -0.331 e. The second kappa shape index (κ2) is 3.70. The third kappa shape index (κ3) is 2.18. The smallest absolute Gasteiger partial charge is 0.220 e. The number of hydrogen-bond acceptors (Lipinski definition) is 2. The molecule has 0 aliphatic rings. The van der Waals surface area contributed by atoms with E-state index in [0.29, 0.717) is 0 Å². The first-order chi connectivity index (χ1) is 5.24. The van der Waals surface area contributed by atoms with Crippen LogP contribution in [-0.4, -0.2) is 7.11 Å². The molecule has 11 heavy (non-hydrogen) atoms. The Balaban J connectivity index is 2.90. The minimum atomic E-state index is -1.97. The third-order valence-corrected chi connectivity index (χ3v) is 2.65. The molecule has 0 radical (unpaired) electrons. The molecule has 0 aliphatic carbocycles. The van der Waals surface area contributed by atoms with Crippen LogP contribution in [0.4, 0.5) is 0 Å². The minimum absolute atomic E-state index is 0.781. The van der Waals surface area contributed by atoms with Crippen LogP contribution in [0.25, 0.3) is 0 Å². The second-order valence-corrected chi connectivity index (χ2v) is 3.92. The second-order valence-electron chi connectivity index (χ2n) is 2.36. The van der Waals surface area contributed by atoms with Crippen molar-refractivity contribution >= 4 is 13.3 Å². The summed E-state index contributed by atoms with van der Waals surface area (Å²) in [5.74, 6) is 0. The van der Waals surface area contributed by atoms with Gasteiger partial charge in [0.1, 0.15) is 0 Å². The molecule has 0 fully saturated rings. The Kier molecular flexibility index (Phi) is 2.86. The van der Waals surface area contributed by atoms with Crippen LogP contribution in [0.2, 0.25) is 0 Å². The van der Waals surface area contributed by atoms with Gasteiger partial charge in [-0.15, -0.1) is 0 Å². The van der Waals surface area contributed by atoms with Gasteiger partial charge in [-0.05, 0) is 19.1 Å². The topological polar surface area (TPSA) is 26.3 Å². The predicted octanol–water partition coefficient (Wildman–Crippen LogP) is 1.74. The number of rotatable bonds is 2. The Morgan fingerprint density at radius 3 is 2.27 bits per heavy atom. The summed E-state index contributed by atoms with van der Waals surface area (Å²) in [6.45, 7) is 1.99. The van der Waals surface area contributed by atoms with Gasteiger partial charge in [-0.2, -0.15) is 0 Å². The molecule has 0 amide bonds. The lowest BCUT2D eigenvalue weighted by Gasteiger charge is -1.98. The van der Waals surface area contributed by atoms with E-state index in [4.69, 9.17) is 4.52 Å². The van der Waals surface area contributed by atoms with Crippen LogP contribution in [0.1, 0.15) is 5.56 Å². The van der Waals surface area contributed by atoms with Crippen molar-refractivity contribution in [2.24, 2.45) is 0 Å². The Labute approximate surface area is 67.1 Å². The quantitative estimate of drug-likeness (QED) is 0.632. The molecule has 0 aliphatic heterocycles. The zero-order chi connectivity index (χ0) is 8.27. The Morgan fingerprint density at radius 1 is 1.27 bits per heavy atom. The average Bonchev–Trinajstić information content (AvgIpc) is 2.05. The fraction of sp³-hybridized carbons (Fsp3) is 0.250. The van der Waals surface area contributed by atoms with Crippen molar-refractivity contribution in [1.82, 2.24) is 0 Å². The van der Waals surface area contributed by atoms with E-state index in [9.17, 15) is 4.57 Å². The summed E-state index contributed by atoms with van der Waals surface area (Å²) in [6.07, 6.45) is 0. The molecule has 0 bridgehead atoms. The maximum Gasteiger partial charge on any atom is 0.220 e. The number of benzene rings is 1. The van der Waals surface area contributed by atoms with Crippen molar-refractivity contribution in [2.45, 2.75) is 6.92 Å². The lowest BCUT2D eigenvalue weighted by atomic mass is 10.2. The molecular weight excluding hydrogens is 159 g/mol. The summed E-state index contributed by atoms with van der Waals surface area (Å²) in [5, 5.41) is 0.781. The molecule has 1 aromatic rings. The van der Waals surface area contributed by atoms with Crippen LogP contribution < -0.4 is 5.30 Å². The van der Waals surface area contributed by atoms with Gasteiger partial charge >= 0.3 is 0 Å². The Hall–Kier alpha value is -0.590. The highest BCUT2D eigenvalue weighted by atomic mass is 31.1. The number of hydrogen-bond donors (Lipinski definition) is 0. The van der Waals surface area contributed by atoms with Crippen molar-refractivity contribution < 1.29 is 9.09 Å². The molecule has 2 nitrogen and oxygen atoms in total. The highest BCUT2D eigenvalue weighted by Crippen LogP contribution is 2.18. The van der Waals surface area contributed by atoms with Crippen LogP contribution >= 0.6 is 8.03 Å². The van der Waals surface area contributed by atoms with Crippen molar-refractivity contribution in [3.05, 3.63) is 29.8 Å². The van der Waals surface area contributed by atoms with Gasteiger partial charge in [0.05, 0.1) is 0 Å². The summed E-state index contributed by atoms with van der Waals surface area (Å²) in [5.41, 5.74) is 1.17. The fourth-order valence-electron chi connectivity index (χ4n) is 0.807. The van der Waals surface area contributed by atoms with E-state index in [-0.39, 0.29) is 0 Å². The summed E-state index contributed by atoms with van der Waals surface area (Å²) in [4.78, 5) is 0. The molecular formula is C8H11O2P. The van der Waals surface area contributed by atoms with Gasteiger partial charge in [0.15, 0.2) is 0 Å². The lowest BCUT2D eigenvalue weighted by Crippen LogP contribution is -1.95. The summed E-state index contributed by atoms with van der Waals surface area (Å²) < 4.78 is 15.8. The van der Waals surface area contributed by atoms with Gasteiger partial charge in [0, 0.05) is 12.4 Å². The zero-order valence-corrected chi connectivity index (χ0v) is 7.63. The van der Waals surface area contributed by atoms with Gasteiger partial charge in [-0.1, -0.05) is 17.7 Å². The van der Waals surface area contributed by atoms with E-state index in [1.54, 1.807) is 0 Å². The van der Waals surface area contributed by atoms with Crippen molar-refractivity contribution in [1.29, 1.82) is 0 Å². The monoisotopic (exact) mass is 170 g/mol. The molecule has 60 valence electrons. The van der Waals surface area contributed by atoms with E-state index >= 15 is 0 Å². The first-order valence-electron chi connectivity index (χ1n) is 3.39. The maximum absolute atomic E-state index is 11.1. The molecule has 1 unspecified atom stereocenters. The molecule has 1 aromatic carbocycles. The van der Waals surface area contributed by atoms with Crippen LogP contribution in [0.15, 0.2) is 24.3 Å². The van der Waals surface area contributed by atoms with Crippen LogP contribution in [0, 0.1) is 6.92 Å². The van der Waals surface area contributed by atoms with E-state index in [1.165, 1.54) is 12.7 Å². The highest BCUT2D eigenvalue weighted by Gasteiger charge is 1.98. The van der Waals surface area contributed by atoms with Crippen LogP contribution in [-0.2, 0) is 9.09 Å². The highest BCUT2D eigenvalue weighted by molar-refractivity contribution is 7.48. The van der Waals surface area contributed by atoms with E-state index in [2.05, 4.69) is 0 Å². The SMILES string of the molecule is CO[PH](=O)c1ccc(C)cc1. The lowest BCUT2D eigenvalue weighted by molar-refractivity contribution is 0.423. The van der Waals surface area contributed by atoms with E-state index in [0.717, 1.165) is 5.30 Å². The largest absolute Gasteiger partial charge is 0.331 e. The maximum atomic E-state index is 11.1. The number of aryl methyl sites for hydroxylation is 1. The average molecular weight is 170 g/mol. The third-order valence-electron chi connectivity index (χ3n) is 1.47. The Bertz CT molecular complexity index is 253. The van der Waals surface area contributed by atoms with Gasteiger partial charge < -0.3 is 4.52 Å². The van der Waals surface area contributed by atoms with E-state index < -0.39 is 8.03 Å². The molecule has 0 N–H and O–H groups in total. The Morgan fingerprint density at radius 2 is 1.82 bits per heavy atom. The van der Waals surface area contributed by atoms with Crippen molar-refractivity contribution in [2.75, 3.05) is 7.11 Å². The molecule has 0 aromatic heterocycles. The molecule has 0 heterocycles. The molecule has 0 saturated carbocycles. The summed E-state index contributed by atoms with van der Waals surface area (Å²) in [7, 11) is -0.514. The standard InChI is InChI=1S/C8H11O2P/c1-7-3-5-8(6-4-7)11(9)10-2/h3-6,11H,1-2H3. The van der Waals surface area contributed by atoms with E-state index in [1.807, 2.05) is 31.2 Å². The van der Waals surface area contributed by atoms with Crippen molar-refractivity contribution in [3.63, 3.8) is 0 Å². The van der Waals surface area contributed by atoms with Gasteiger partial charge in [-0.25, -0.2) is 0 Å². The summed E-state index contributed by atoms with van der Waals surface area (Å²) >= 11 is 0. The van der Waals surface area contributed by atoms with Gasteiger partial charge in [-0.3, -0.25) is 4.57 Å². The first-order valence-corrected chi connectivity index (χ1v) is 4.70. The molecule has 0 saturated heterocycles. The van der Waals surface area contributed by atoms with Gasteiger partial charge in [0.25, 0.3) is 0 Å². The predicted molar refractivity (Wildman–Crippen MR) is 46.8 cm³/mol. The summed E-state index contributed by atoms with van der Waals surface area (Å²) in [6, 6.07) is 7.52. The van der Waals surface area contributed by atoms with Gasteiger partial charge in [0.2, 0.25) is 8.03 Å². The molecule has 1 rings (SSSR count). The molecule has 0 spiro atoms. The fourth-order valence-corrected chi connectivity index (χ4v) is 1.48. The molecule has 1 atom stereocenters. The first kappa shape index (κ1) is 8.51. The van der Waals surface area contributed by atoms with Crippen LogP contribution in [0.3, 0.4) is 0 Å². The molecule has 3 heteroatoms.